The van der Waals surface area contributed by atoms with Crippen molar-refractivity contribution in [2.24, 2.45) is 0 Å². The Morgan fingerprint density at radius 1 is 1.14 bits per heavy atom. The fraction of sp³-hybridized carbons (Fsp3) is 0.414. The van der Waals surface area contributed by atoms with Gasteiger partial charge < -0.3 is 35.6 Å². The highest BCUT2D eigenvalue weighted by Gasteiger charge is 2.27. The average Bonchev–Trinajstić information content (AvgIpc) is 3.41. The number of carbonyl (C=O) groups is 1. The van der Waals surface area contributed by atoms with E-state index in [0.29, 0.717) is 50.3 Å². The lowest BCUT2D eigenvalue weighted by Gasteiger charge is -2.26. The number of anilines is 6. The predicted octanol–water partition coefficient (Wildman–Crippen LogP) is 6.21. The maximum Gasteiger partial charge on any atom is 0.229 e. The van der Waals surface area contributed by atoms with Crippen molar-refractivity contribution in [2.75, 3.05) is 61.0 Å². The van der Waals surface area contributed by atoms with E-state index in [1.807, 2.05) is 12.1 Å². The van der Waals surface area contributed by atoms with Gasteiger partial charge in [0.15, 0.2) is 0 Å². The molecule has 0 bridgehead atoms. The van der Waals surface area contributed by atoms with Crippen molar-refractivity contribution in [3.8, 4) is 5.75 Å². The fourth-order valence-electron chi connectivity index (χ4n) is 4.78. The van der Waals surface area contributed by atoms with E-state index in [-0.39, 0.29) is 24.2 Å². The van der Waals surface area contributed by atoms with Crippen LogP contribution in [-0.2, 0) is 10.4 Å². The minimum Gasteiger partial charge on any atom is -0.494 e. The molecule has 0 radical (unpaired) electrons. The van der Waals surface area contributed by atoms with E-state index in [1.54, 1.807) is 45.4 Å². The quantitative estimate of drug-likeness (QED) is 0.182. The molecule has 1 fully saturated rings. The number of nitrogens with one attached hydrogen (secondary N) is 3. The van der Waals surface area contributed by atoms with Crippen LogP contribution in [0.3, 0.4) is 0 Å². The first-order valence-corrected chi connectivity index (χ1v) is 14.8. The minimum absolute atomic E-state index is 0.183. The standard InChI is InChI=1S/C29H36Cl3N7O3/c1-29(2,41)18-12-19(31)20(32)13-21(18)34-26-7-10-33-28(37-26)36-23-14-22(35-27(40)6-9-30)24(15-25(23)42-5)39-11-8-17(16-39)38(3)4/h7,10,12-15,17,41H,6,8-9,11,16H2,1-5H3,(H,35,40)(H2,33,34,36,37)/t17-/m1/s1. The van der Waals surface area contributed by atoms with Gasteiger partial charge in [0.05, 0.1) is 39.8 Å². The summed E-state index contributed by atoms with van der Waals surface area (Å²) in [5, 5.41) is 20.8. The van der Waals surface area contributed by atoms with Crippen LogP contribution in [0.4, 0.5) is 34.5 Å². The maximum absolute atomic E-state index is 12.6. The Morgan fingerprint density at radius 3 is 2.52 bits per heavy atom. The topological polar surface area (TPSA) is 115 Å². The molecule has 2 aromatic carbocycles. The van der Waals surface area contributed by atoms with E-state index in [2.05, 4.69) is 49.8 Å². The Hall–Kier alpha value is -3.02. The SMILES string of the molecule is COc1cc(N2CC[C@@H](N(C)C)C2)c(NC(=O)CCCl)cc1Nc1nccc(Nc2cc(Cl)c(Cl)cc2C(C)(C)O)n1. The molecule has 3 aromatic rings. The molecule has 10 nitrogen and oxygen atoms in total. The smallest absolute Gasteiger partial charge is 0.229 e. The van der Waals surface area contributed by atoms with E-state index in [1.165, 1.54) is 0 Å². The third-order valence-corrected chi connectivity index (χ3v) is 7.94. The summed E-state index contributed by atoms with van der Waals surface area (Å²) in [7, 11) is 5.73. The van der Waals surface area contributed by atoms with Crippen molar-refractivity contribution in [1.82, 2.24) is 14.9 Å². The molecule has 1 aliphatic rings. The molecule has 0 unspecified atom stereocenters. The number of carbonyl (C=O) groups excluding carboxylic acids is 1. The Kier molecular flexibility index (Phi) is 10.3. The second-order valence-electron chi connectivity index (χ2n) is 10.8. The molecule has 1 saturated heterocycles. The summed E-state index contributed by atoms with van der Waals surface area (Å²) in [6, 6.07) is 9.08. The summed E-state index contributed by atoms with van der Waals surface area (Å²) in [6.07, 6.45) is 2.79. The van der Waals surface area contributed by atoms with E-state index in [0.717, 1.165) is 25.2 Å². The number of rotatable bonds is 11. The van der Waals surface area contributed by atoms with E-state index < -0.39 is 5.60 Å². The average molecular weight is 637 g/mol. The Balaban J connectivity index is 1.66. The largest absolute Gasteiger partial charge is 0.494 e. The summed E-state index contributed by atoms with van der Waals surface area (Å²) in [4.78, 5) is 26.0. The Morgan fingerprint density at radius 2 is 1.88 bits per heavy atom. The highest BCUT2D eigenvalue weighted by Crippen LogP contribution is 2.40. The summed E-state index contributed by atoms with van der Waals surface area (Å²) in [5.74, 6) is 1.33. The monoisotopic (exact) mass is 635 g/mol. The molecule has 0 spiro atoms. The second-order valence-corrected chi connectivity index (χ2v) is 12.0. The molecule has 4 N–H and O–H groups in total. The number of likely N-dealkylation sites (N-methyl/N-ethyl adjacent to an activating group) is 1. The van der Waals surface area contributed by atoms with Crippen LogP contribution in [-0.4, -0.2) is 72.1 Å². The lowest BCUT2D eigenvalue weighted by Crippen LogP contribution is -2.31. The molecule has 4 rings (SSSR count). The molecule has 1 atom stereocenters. The van der Waals surface area contributed by atoms with Crippen molar-refractivity contribution in [2.45, 2.75) is 38.3 Å². The highest BCUT2D eigenvalue weighted by atomic mass is 35.5. The summed E-state index contributed by atoms with van der Waals surface area (Å²) in [5.41, 5.74) is 1.97. The Bertz CT molecular complexity index is 1430. The van der Waals surface area contributed by atoms with Crippen molar-refractivity contribution < 1.29 is 14.6 Å². The van der Waals surface area contributed by atoms with Crippen LogP contribution in [0.5, 0.6) is 5.75 Å². The van der Waals surface area contributed by atoms with Gasteiger partial charge in [-0.05, 0) is 58.6 Å². The summed E-state index contributed by atoms with van der Waals surface area (Å²) in [6.45, 7) is 4.98. The maximum atomic E-state index is 12.6. The molecule has 13 heteroatoms. The number of aliphatic hydroxyl groups is 1. The van der Waals surface area contributed by atoms with Gasteiger partial charge in [-0.15, -0.1) is 11.6 Å². The van der Waals surface area contributed by atoms with Crippen LogP contribution in [0.25, 0.3) is 0 Å². The van der Waals surface area contributed by atoms with Gasteiger partial charge in [0, 0.05) is 54.9 Å². The van der Waals surface area contributed by atoms with Gasteiger partial charge in [-0.2, -0.15) is 4.98 Å². The van der Waals surface area contributed by atoms with Crippen molar-refractivity contribution in [1.29, 1.82) is 0 Å². The van der Waals surface area contributed by atoms with Crippen LogP contribution >= 0.6 is 34.8 Å². The number of amides is 1. The van der Waals surface area contributed by atoms with Gasteiger partial charge in [0.1, 0.15) is 11.6 Å². The first-order chi connectivity index (χ1) is 19.9. The number of halogens is 3. The minimum atomic E-state index is -1.19. The first-order valence-electron chi connectivity index (χ1n) is 13.5. The normalized spacial score (nSPS) is 15.2. The third kappa shape index (κ3) is 7.67. The van der Waals surface area contributed by atoms with Crippen LogP contribution in [0, 0.1) is 0 Å². The van der Waals surface area contributed by atoms with E-state index in [9.17, 15) is 9.90 Å². The molecule has 42 heavy (non-hydrogen) atoms. The number of nitrogens with zero attached hydrogens (tertiary/aromatic N) is 4. The third-order valence-electron chi connectivity index (χ3n) is 7.03. The molecule has 2 heterocycles. The molecule has 0 saturated carbocycles. The first kappa shape index (κ1) is 31.9. The number of hydrogen-bond donors (Lipinski definition) is 4. The molecule has 1 amide bonds. The zero-order valence-corrected chi connectivity index (χ0v) is 26.5. The number of alkyl halides is 1. The lowest BCUT2D eigenvalue weighted by atomic mass is 9.96. The van der Waals surface area contributed by atoms with Crippen LogP contribution < -0.4 is 25.6 Å². The van der Waals surface area contributed by atoms with Crippen LogP contribution in [0.15, 0.2) is 36.5 Å². The van der Waals surface area contributed by atoms with Gasteiger partial charge in [0.25, 0.3) is 0 Å². The molecular weight excluding hydrogens is 601 g/mol. The predicted molar refractivity (Wildman–Crippen MR) is 172 cm³/mol. The Labute approximate surface area is 261 Å². The molecule has 0 aliphatic carbocycles. The highest BCUT2D eigenvalue weighted by molar-refractivity contribution is 6.42. The lowest BCUT2D eigenvalue weighted by molar-refractivity contribution is -0.115. The summed E-state index contributed by atoms with van der Waals surface area (Å²) < 4.78 is 5.74. The van der Waals surface area contributed by atoms with Crippen LogP contribution in [0.1, 0.15) is 32.3 Å². The van der Waals surface area contributed by atoms with Crippen molar-refractivity contribution in [3.05, 3.63) is 52.1 Å². The number of hydrogen-bond acceptors (Lipinski definition) is 9. The number of ether oxygens (including phenoxy) is 1. The molecule has 1 aliphatic heterocycles. The van der Waals surface area contributed by atoms with E-state index >= 15 is 0 Å². The molecule has 1 aromatic heterocycles. The number of methoxy groups -OCH3 is 1. The van der Waals surface area contributed by atoms with Gasteiger partial charge in [-0.3, -0.25) is 4.79 Å². The number of aromatic nitrogens is 2. The molecular formula is C29H36Cl3N7O3. The van der Waals surface area contributed by atoms with Gasteiger partial charge in [-0.25, -0.2) is 4.98 Å². The van der Waals surface area contributed by atoms with Gasteiger partial charge in [-0.1, -0.05) is 23.2 Å². The second kappa shape index (κ2) is 13.5. The zero-order valence-electron chi connectivity index (χ0n) is 24.3. The van der Waals surface area contributed by atoms with Crippen LogP contribution in [0.2, 0.25) is 10.0 Å². The van der Waals surface area contributed by atoms with Crippen molar-refractivity contribution in [3.63, 3.8) is 0 Å². The fourth-order valence-corrected chi connectivity index (χ4v) is 5.28. The molecule has 226 valence electrons. The van der Waals surface area contributed by atoms with E-state index in [4.69, 9.17) is 39.5 Å². The zero-order chi connectivity index (χ0) is 30.6. The van der Waals surface area contributed by atoms with Gasteiger partial charge in [0.2, 0.25) is 11.9 Å². The number of benzene rings is 2. The van der Waals surface area contributed by atoms with Gasteiger partial charge >= 0.3 is 0 Å². The van der Waals surface area contributed by atoms with Crippen molar-refractivity contribution >= 4 is 75.2 Å². The summed E-state index contributed by atoms with van der Waals surface area (Å²) >= 11 is 18.3.